The summed E-state index contributed by atoms with van der Waals surface area (Å²) in [7, 11) is 0. The first kappa shape index (κ1) is 18.3. The Morgan fingerprint density at radius 3 is 2.75 bits per heavy atom. The fourth-order valence-corrected chi connectivity index (χ4v) is 3.37. The molecule has 0 unspecified atom stereocenters. The fraction of sp³-hybridized carbons (Fsp3) is 0.381. The first-order valence-corrected chi connectivity index (χ1v) is 9.35. The molecule has 1 aliphatic heterocycles. The lowest BCUT2D eigenvalue weighted by atomic mass is 9.96. The van der Waals surface area contributed by atoms with Crippen molar-refractivity contribution in [2.24, 2.45) is 0 Å². The van der Waals surface area contributed by atoms with E-state index in [1.54, 1.807) is 30.9 Å². The highest BCUT2D eigenvalue weighted by molar-refractivity contribution is 5.91. The maximum absolute atomic E-state index is 12.7. The molecule has 3 aromatic heterocycles. The quantitative estimate of drug-likeness (QED) is 0.693. The first-order valence-electron chi connectivity index (χ1n) is 9.35. The van der Waals surface area contributed by atoms with Gasteiger partial charge >= 0.3 is 0 Å². The van der Waals surface area contributed by atoms with E-state index in [1.165, 1.54) is 0 Å². The number of aliphatic hydroxyl groups is 1. The van der Waals surface area contributed by atoms with Crippen LogP contribution in [-0.2, 0) is 0 Å². The maximum atomic E-state index is 12.7. The number of aromatic nitrogens is 3. The SMILES string of the molecule is CC(C)(O)C#Cc1ccc(C(=O)N2CCC(c3nnc4ccccn34)CC2)o1. The number of hydrogen-bond donors (Lipinski definition) is 1. The third kappa shape index (κ3) is 3.78. The summed E-state index contributed by atoms with van der Waals surface area (Å²) in [5, 5.41) is 18.2. The van der Waals surface area contributed by atoms with Crippen molar-refractivity contribution in [1.29, 1.82) is 0 Å². The van der Waals surface area contributed by atoms with E-state index < -0.39 is 5.60 Å². The fourth-order valence-electron chi connectivity index (χ4n) is 3.37. The van der Waals surface area contributed by atoms with Gasteiger partial charge in [0.1, 0.15) is 11.4 Å². The largest absolute Gasteiger partial charge is 0.443 e. The highest BCUT2D eigenvalue weighted by Crippen LogP contribution is 2.28. The van der Waals surface area contributed by atoms with Crippen LogP contribution in [0.3, 0.4) is 0 Å². The van der Waals surface area contributed by atoms with E-state index in [2.05, 4.69) is 22.0 Å². The number of pyridine rings is 1. The van der Waals surface area contributed by atoms with Gasteiger partial charge in [-0.1, -0.05) is 12.0 Å². The number of furan rings is 1. The molecular formula is C21H22N4O3. The number of fused-ring (bicyclic) bond motifs is 1. The molecule has 0 atom stereocenters. The van der Waals surface area contributed by atoms with Crippen LogP contribution in [0.1, 0.15) is 54.7 Å². The summed E-state index contributed by atoms with van der Waals surface area (Å²) in [5.41, 5.74) is -0.267. The van der Waals surface area contributed by atoms with Crippen molar-refractivity contribution in [3.05, 3.63) is 53.9 Å². The van der Waals surface area contributed by atoms with Crippen molar-refractivity contribution in [2.45, 2.75) is 38.2 Å². The van der Waals surface area contributed by atoms with Gasteiger partial charge < -0.3 is 14.4 Å². The number of hydrogen-bond acceptors (Lipinski definition) is 5. The third-order valence-corrected chi connectivity index (χ3v) is 4.80. The minimum absolute atomic E-state index is 0.138. The summed E-state index contributed by atoms with van der Waals surface area (Å²) in [6.07, 6.45) is 3.63. The van der Waals surface area contributed by atoms with Gasteiger partial charge in [-0.3, -0.25) is 9.20 Å². The second kappa shape index (κ2) is 7.13. The van der Waals surface area contributed by atoms with Gasteiger partial charge in [0.25, 0.3) is 5.91 Å². The monoisotopic (exact) mass is 378 g/mol. The lowest BCUT2D eigenvalue weighted by Gasteiger charge is -2.30. The smallest absolute Gasteiger partial charge is 0.289 e. The number of nitrogens with zero attached hydrogens (tertiary/aromatic N) is 4. The lowest BCUT2D eigenvalue weighted by Crippen LogP contribution is -2.38. The van der Waals surface area contributed by atoms with E-state index in [9.17, 15) is 9.90 Å². The second-order valence-corrected chi connectivity index (χ2v) is 7.53. The molecule has 0 radical (unpaired) electrons. The van der Waals surface area contributed by atoms with E-state index in [0.29, 0.717) is 18.8 Å². The summed E-state index contributed by atoms with van der Waals surface area (Å²) < 4.78 is 7.56. The van der Waals surface area contributed by atoms with Gasteiger partial charge in [0.15, 0.2) is 17.2 Å². The van der Waals surface area contributed by atoms with Crippen LogP contribution < -0.4 is 0 Å². The lowest BCUT2D eigenvalue weighted by molar-refractivity contribution is 0.0678. The summed E-state index contributed by atoms with van der Waals surface area (Å²) in [6, 6.07) is 9.13. The van der Waals surface area contributed by atoms with Crippen molar-refractivity contribution in [1.82, 2.24) is 19.5 Å². The molecule has 1 fully saturated rings. The first-order chi connectivity index (χ1) is 13.4. The molecule has 28 heavy (non-hydrogen) atoms. The van der Waals surface area contributed by atoms with Crippen LogP contribution in [0.2, 0.25) is 0 Å². The van der Waals surface area contributed by atoms with Gasteiger partial charge in [-0.25, -0.2) is 0 Å². The standard InChI is InChI=1S/C21H22N4O3/c1-21(2,27)11-8-16-6-7-17(28-16)20(26)24-13-9-15(10-14-24)19-23-22-18-5-3-4-12-25(18)19/h3-7,12,15,27H,9-10,13-14H2,1-2H3. The summed E-state index contributed by atoms with van der Waals surface area (Å²) in [4.78, 5) is 14.5. The number of amides is 1. The summed E-state index contributed by atoms with van der Waals surface area (Å²) >= 11 is 0. The average molecular weight is 378 g/mol. The molecule has 0 spiro atoms. The zero-order valence-corrected chi connectivity index (χ0v) is 15.9. The molecule has 0 saturated carbocycles. The third-order valence-electron chi connectivity index (χ3n) is 4.80. The molecule has 7 heteroatoms. The van der Waals surface area contributed by atoms with Crippen LogP contribution >= 0.6 is 0 Å². The molecule has 0 aromatic carbocycles. The van der Waals surface area contributed by atoms with Crippen LogP contribution in [0.15, 0.2) is 40.9 Å². The molecule has 7 nitrogen and oxygen atoms in total. The van der Waals surface area contributed by atoms with E-state index in [4.69, 9.17) is 4.42 Å². The minimum Gasteiger partial charge on any atom is -0.443 e. The van der Waals surface area contributed by atoms with Crippen LogP contribution in [0.25, 0.3) is 5.65 Å². The van der Waals surface area contributed by atoms with E-state index in [0.717, 1.165) is 24.3 Å². The van der Waals surface area contributed by atoms with Crippen LogP contribution in [0.4, 0.5) is 0 Å². The Bertz CT molecular complexity index is 1060. The highest BCUT2D eigenvalue weighted by Gasteiger charge is 2.28. The molecule has 1 saturated heterocycles. The summed E-state index contributed by atoms with van der Waals surface area (Å²) in [6.45, 7) is 4.46. The van der Waals surface area contributed by atoms with E-state index in [1.807, 2.05) is 28.8 Å². The average Bonchev–Trinajstić information content (AvgIpc) is 3.33. The molecule has 4 heterocycles. The molecule has 4 rings (SSSR count). The minimum atomic E-state index is -1.11. The van der Waals surface area contributed by atoms with Gasteiger partial charge in [-0.15, -0.1) is 10.2 Å². The van der Waals surface area contributed by atoms with E-state index >= 15 is 0 Å². The van der Waals surface area contributed by atoms with Crippen molar-refractivity contribution in [3.8, 4) is 11.8 Å². The van der Waals surface area contributed by atoms with Gasteiger partial charge in [0.2, 0.25) is 0 Å². The Morgan fingerprint density at radius 2 is 2.00 bits per heavy atom. The predicted octanol–water partition coefficient (Wildman–Crippen LogP) is 2.46. The summed E-state index contributed by atoms with van der Waals surface area (Å²) in [5.74, 6) is 7.15. The van der Waals surface area contributed by atoms with Crippen molar-refractivity contribution < 1.29 is 14.3 Å². The molecule has 1 aliphatic rings. The number of likely N-dealkylation sites (tertiary alicyclic amines) is 1. The number of rotatable bonds is 2. The molecular weight excluding hydrogens is 356 g/mol. The van der Waals surface area contributed by atoms with Gasteiger partial charge in [-0.2, -0.15) is 0 Å². The van der Waals surface area contributed by atoms with Crippen LogP contribution in [0.5, 0.6) is 0 Å². The predicted molar refractivity (Wildman–Crippen MR) is 103 cm³/mol. The van der Waals surface area contributed by atoms with Gasteiger partial charge in [0.05, 0.1) is 0 Å². The maximum Gasteiger partial charge on any atom is 0.289 e. The van der Waals surface area contributed by atoms with Crippen LogP contribution in [-0.4, -0.2) is 49.2 Å². The molecule has 1 N–H and O–H groups in total. The van der Waals surface area contributed by atoms with Gasteiger partial charge in [-0.05, 0) is 56.9 Å². The molecule has 0 bridgehead atoms. The molecule has 144 valence electrons. The second-order valence-electron chi connectivity index (χ2n) is 7.53. The topological polar surface area (TPSA) is 83.9 Å². The zero-order chi connectivity index (χ0) is 19.7. The van der Waals surface area contributed by atoms with Crippen molar-refractivity contribution in [3.63, 3.8) is 0 Å². The molecule has 3 aromatic rings. The number of carbonyl (C=O) groups is 1. The highest BCUT2D eigenvalue weighted by atomic mass is 16.4. The number of piperidine rings is 1. The van der Waals surface area contributed by atoms with Crippen molar-refractivity contribution >= 4 is 11.6 Å². The molecule has 0 aliphatic carbocycles. The normalized spacial score (nSPS) is 15.5. The Morgan fingerprint density at radius 1 is 1.21 bits per heavy atom. The zero-order valence-electron chi connectivity index (χ0n) is 15.9. The van der Waals surface area contributed by atoms with Gasteiger partial charge in [0, 0.05) is 25.2 Å². The van der Waals surface area contributed by atoms with Crippen molar-refractivity contribution in [2.75, 3.05) is 13.1 Å². The Kier molecular flexibility index (Phi) is 4.65. The van der Waals surface area contributed by atoms with Crippen LogP contribution in [0, 0.1) is 11.8 Å². The van der Waals surface area contributed by atoms with E-state index in [-0.39, 0.29) is 17.6 Å². The Hall–Kier alpha value is -3.11. The number of carbonyl (C=O) groups excluding carboxylic acids is 1. The molecule has 1 amide bonds. The Balaban J connectivity index is 1.42. The Labute approximate surface area is 163 Å².